The Kier molecular flexibility index (Phi) is 4.17. The van der Waals surface area contributed by atoms with Crippen molar-refractivity contribution in [3.63, 3.8) is 0 Å². The second-order valence-electron chi connectivity index (χ2n) is 6.62. The second kappa shape index (κ2) is 6.63. The van der Waals surface area contributed by atoms with Gasteiger partial charge in [0.1, 0.15) is 5.82 Å². The highest BCUT2D eigenvalue weighted by Gasteiger charge is 2.28. The van der Waals surface area contributed by atoms with E-state index in [-0.39, 0.29) is 12.0 Å². The molecule has 1 atom stereocenters. The van der Waals surface area contributed by atoms with Gasteiger partial charge in [-0.1, -0.05) is 25.1 Å². The lowest BCUT2D eigenvalue weighted by Gasteiger charge is -2.25. The molecule has 3 aromatic rings. The second-order valence-corrected chi connectivity index (χ2v) is 6.62. The predicted octanol–water partition coefficient (Wildman–Crippen LogP) is 3.99. The Morgan fingerprint density at radius 2 is 2.08 bits per heavy atom. The van der Waals surface area contributed by atoms with Crippen molar-refractivity contribution in [1.29, 1.82) is 0 Å². The van der Waals surface area contributed by atoms with Gasteiger partial charge in [0.15, 0.2) is 5.82 Å². The summed E-state index contributed by atoms with van der Waals surface area (Å²) in [5.41, 5.74) is 1.95. The summed E-state index contributed by atoms with van der Waals surface area (Å²) in [6, 6.07) is 10.4. The highest BCUT2D eigenvalue weighted by Crippen LogP contribution is 2.34. The summed E-state index contributed by atoms with van der Waals surface area (Å²) < 4.78 is 5.34. The molecule has 4 heterocycles. The van der Waals surface area contributed by atoms with E-state index in [1.807, 2.05) is 44.3 Å². The number of pyridine rings is 2. The third kappa shape index (κ3) is 3.12. The third-order valence-electron chi connectivity index (χ3n) is 4.53. The van der Waals surface area contributed by atoms with Gasteiger partial charge in [0.05, 0.1) is 17.3 Å². The number of rotatable bonds is 4. The molecule has 0 amide bonds. The molecule has 0 radical (unpaired) electrons. The van der Waals surface area contributed by atoms with Gasteiger partial charge in [-0.3, -0.25) is 4.98 Å². The predicted molar refractivity (Wildman–Crippen MR) is 95.2 cm³/mol. The quantitative estimate of drug-likeness (QED) is 0.718. The molecule has 6 heteroatoms. The fourth-order valence-corrected chi connectivity index (χ4v) is 3.19. The molecule has 1 unspecified atom stereocenters. The van der Waals surface area contributed by atoms with Crippen molar-refractivity contribution < 1.29 is 4.52 Å². The molecular weight excluding hydrogens is 314 g/mol. The Balaban J connectivity index is 1.57. The van der Waals surface area contributed by atoms with Crippen LogP contribution < -0.4 is 4.90 Å². The van der Waals surface area contributed by atoms with Crippen LogP contribution in [-0.2, 0) is 0 Å². The van der Waals surface area contributed by atoms with E-state index in [9.17, 15) is 0 Å². The minimum absolute atomic E-state index is 0.244. The zero-order valence-corrected chi connectivity index (χ0v) is 14.5. The summed E-state index contributed by atoms with van der Waals surface area (Å²) in [6.07, 6.45) is 5.90. The molecule has 1 saturated heterocycles. The van der Waals surface area contributed by atoms with Gasteiger partial charge in [-0.15, -0.1) is 0 Å². The summed E-state index contributed by atoms with van der Waals surface area (Å²) in [6.45, 7) is 5.08. The van der Waals surface area contributed by atoms with Crippen molar-refractivity contribution in [2.24, 2.45) is 0 Å². The van der Waals surface area contributed by atoms with Crippen LogP contribution in [0.3, 0.4) is 0 Å². The molecule has 4 rings (SSSR count). The fraction of sp³-hybridized carbons (Fsp3) is 0.368. The summed E-state index contributed by atoms with van der Waals surface area (Å²) >= 11 is 0. The monoisotopic (exact) mass is 335 g/mol. The maximum absolute atomic E-state index is 5.34. The van der Waals surface area contributed by atoms with Crippen LogP contribution in [0.1, 0.15) is 50.2 Å². The van der Waals surface area contributed by atoms with Crippen molar-refractivity contribution in [1.82, 2.24) is 20.1 Å². The molecule has 6 nitrogen and oxygen atoms in total. The maximum atomic E-state index is 5.34. The van der Waals surface area contributed by atoms with Crippen LogP contribution >= 0.6 is 0 Å². The van der Waals surface area contributed by atoms with E-state index in [2.05, 4.69) is 31.1 Å². The van der Waals surface area contributed by atoms with Gasteiger partial charge in [0, 0.05) is 24.9 Å². The molecule has 0 bridgehead atoms. The summed E-state index contributed by atoms with van der Waals surface area (Å²) in [5.74, 6) is 2.44. The Labute approximate surface area is 146 Å². The van der Waals surface area contributed by atoms with E-state index < -0.39 is 0 Å². The number of anilines is 1. The van der Waals surface area contributed by atoms with E-state index in [0.717, 1.165) is 36.5 Å². The molecule has 0 N–H and O–H groups in total. The minimum Gasteiger partial charge on any atom is -0.348 e. The molecule has 1 aliphatic heterocycles. The lowest BCUT2D eigenvalue weighted by Crippen LogP contribution is -2.24. The maximum Gasteiger partial charge on any atom is 0.259 e. The summed E-state index contributed by atoms with van der Waals surface area (Å²) in [7, 11) is 0. The Morgan fingerprint density at radius 1 is 1.16 bits per heavy atom. The zero-order chi connectivity index (χ0) is 17.2. The fourth-order valence-electron chi connectivity index (χ4n) is 3.19. The smallest absolute Gasteiger partial charge is 0.259 e. The van der Waals surface area contributed by atoms with Crippen molar-refractivity contribution >= 4 is 5.82 Å². The minimum atomic E-state index is 0.244. The van der Waals surface area contributed by atoms with Crippen molar-refractivity contribution in [3.8, 4) is 11.5 Å². The Bertz CT molecular complexity index is 829. The van der Waals surface area contributed by atoms with Gasteiger partial charge in [-0.2, -0.15) is 4.98 Å². The summed E-state index contributed by atoms with van der Waals surface area (Å²) in [5, 5.41) is 4.01. The normalized spacial score (nSPS) is 17.4. The molecule has 0 saturated carbocycles. The standard InChI is InChI=1S/C19H21N5O/c1-13(2)18-22-19(25-23-18)14-8-9-17(21-12-14)24-11-5-7-16(24)15-6-3-4-10-20-15/h3-4,6,8-10,12-13,16H,5,7,11H2,1-2H3. The van der Waals surface area contributed by atoms with Crippen LogP contribution in [0.15, 0.2) is 47.2 Å². The van der Waals surface area contributed by atoms with Crippen LogP contribution in [0.4, 0.5) is 5.82 Å². The lowest BCUT2D eigenvalue weighted by molar-refractivity contribution is 0.419. The van der Waals surface area contributed by atoms with E-state index in [0.29, 0.717) is 11.7 Å². The van der Waals surface area contributed by atoms with Crippen molar-refractivity contribution in [3.05, 3.63) is 54.2 Å². The van der Waals surface area contributed by atoms with Crippen LogP contribution in [-0.4, -0.2) is 26.7 Å². The van der Waals surface area contributed by atoms with Crippen LogP contribution in [0.2, 0.25) is 0 Å². The molecule has 25 heavy (non-hydrogen) atoms. The van der Waals surface area contributed by atoms with Gasteiger partial charge < -0.3 is 9.42 Å². The lowest BCUT2D eigenvalue weighted by atomic mass is 10.1. The van der Waals surface area contributed by atoms with Gasteiger partial charge in [-0.05, 0) is 37.1 Å². The number of aromatic nitrogens is 4. The van der Waals surface area contributed by atoms with E-state index >= 15 is 0 Å². The van der Waals surface area contributed by atoms with E-state index in [1.54, 1.807) is 6.20 Å². The number of hydrogen-bond acceptors (Lipinski definition) is 6. The number of nitrogens with zero attached hydrogens (tertiary/aromatic N) is 5. The molecule has 1 fully saturated rings. The highest BCUT2D eigenvalue weighted by atomic mass is 16.5. The third-order valence-corrected chi connectivity index (χ3v) is 4.53. The molecule has 0 spiro atoms. The first-order valence-electron chi connectivity index (χ1n) is 8.70. The number of hydrogen-bond donors (Lipinski definition) is 0. The Morgan fingerprint density at radius 3 is 2.76 bits per heavy atom. The first-order valence-corrected chi connectivity index (χ1v) is 8.70. The molecule has 128 valence electrons. The molecule has 1 aliphatic rings. The van der Waals surface area contributed by atoms with Crippen molar-refractivity contribution in [2.45, 2.75) is 38.6 Å². The van der Waals surface area contributed by atoms with Crippen molar-refractivity contribution in [2.75, 3.05) is 11.4 Å². The highest BCUT2D eigenvalue weighted by molar-refractivity contribution is 5.55. The van der Waals surface area contributed by atoms with Gasteiger partial charge in [0.2, 0.25) is 0 Å². The largest absolute Gasteiger partial charge is 0.348 e. The average Bonchev–Trinajstić information content (AvgIpc) is 3.32. The van der Waals surface area contributed by atoms with Crippen LogP contribution in [0.5, 0.6) is 0 Å². The van der Waals surface area contributed by atoms with Gasteiger partial charge in [0.25, 0.3) is 5.89 Å². The molecular formula is C19H21N5O. The first kappa shape index (κ1) is 15.7. The molecule has 0 aliphatic carbocycles. The van der Waals surface area contributed by atoms with Gasteiger partial charge in [-0.25, -0.2) is 4.98 Å². The zero-order valence-electron chi connectivity index (χ0n) is 14.5. The Hall–Kier alpha value is -2.76. The topological polar surface area (TPSA) is 67.9 Å². The molecule has 3 aromatic heterocycles. The van der Waals surface area contributed by atoms with E-state index in [4.69, 9.17) is 4.52 Å². The first-order chi connectivity index (χ1) is 12.2. The summed E-state index contributed by atoms with van der Waals surface area (Å²) in [4.78, 5) is 15.9. The van der Waals surface area contributed by atoms with Gasteiger partial charge >= 0.3 is 0 Å². The van der Waals surface area contributed by atoms with E-state index in [1.165, 1.54) is 0 Å². The van der Waals surface area contributed by atoms with Crippen LogP contribution in [0.25, 0.3) is 11.5 Å². The average molecular weight is 335 g/mol. The molecule has 0 aromatic carbocycles. The SMILES string of the molecule is CC(C)c1noc(-c2ccc(N3CCCC3c3ccccn3)nc2)n1. The van der Waals surface area contributed by atoms with Crippen LogP contribution in [0, 0.1) is 0 Å².